The Balaban J connectivity index is 1.41. The molecule has 1 heterocycles. The summed E-state index contributed by atoms with van der Waals surface area (Å²) in [6.45, 7) is 8.25. The Kier molecular flexibility index (Phi) is 6.45. The molecule has 0 aromatic heterocycles. The van der Waals surface area contributed by atoms with Crippen molar-refractivity contribution in [3.8, 4) is 0 Å². The van der Waals surface area contributed by atoms with Gasteiger partial charge < -0.3 is 5.32 Å². The summed E-state index contributed by atoms with van der Waals surface area (Å²) in [6, 6.07) is 16.8. The third kappa shape index (κ3) is 5.18. The summed E-state index contributed by atoms with van der Waals surface area (Å²) < 4.78 is 0. The topological polar surface area (TPSA) is 32.3 Å². The lowest BCUT2D eigenvalue weighted by Crippen LogP contribution is -2.38. The Labute approximate surface area is 157 Å². The Morgan fingerprint density at radius 2 is 1.77 bits per heavy atom. The number of piperidine rings is 1. The Hall–Kier alpha value is -2.13. The zero-order chi connectivity index (χ0) is 18.4. The van der Waals surface area contributed by atoms with Gasteiger partial charge in [-0.05, 0) is 68.5 Å². The lowest BCUT2D eigenvalue weighted by Gasteiger charge is -2.32. The fraction of sp³-hybridized carbons (Fsp3) is 0.435. The predicted octanol–water partition coefficient (Wildman–Crippen LogP) is 4.20. The highest BCUT2D eigenvalue weighted by molar-refractivity contribution is 5.94. The highest BCUT2D eigenvalue weighted by Crippen LogP contribution is 2.19. The summed E-state index contributed by atoms with van der Waals surface area (Å²) in [6.07, 6.45) is 3.40. The normalized spacial score (nSPS) is 15.8. The SMILES string of the molecule is CCc1ccc(CN2CCC(CNC(=O)c3cccc(C)c3)CC2)cc1. The lowest BCUT2D eigenvalue weighted by atomic mass is 9.96. The number of nitrogens with one attached hydrogen (secondary N) is 1. The van der Waals surface area contributed by atoms with Gasteiger partial charge in [0.05, 0.1) is 0 Å². The number of hydrogen-bond donors (Lipinski definition) is 1. The number of benzene rings is 2. The Bertz CT molecular complexity index is 715. The van der Waals surface area contributed by atoms with Crippen LogP contribution in [0.3, 0.4) is 0 Å². The van der Waals surface area contributed by atoms with Gasteiger partial charge in [0.1, 0.15) is 0 Å². The van der Waals surface area contributed by atoms with Crippen molar-refractivity contribution in [3.05, 3.63) is 70.8 Å². The van der Waals surface area contributed by atoms with Gasteiger partial charge in [-0.2, -0.15) is 0 Å². The summed E-state index contributed by atoms with van der Waals surface area (Å²) >= 11 is 0. The van der Waals surface area contributed by atoms with Crippen LogP contribution in [0.4, 0.5) is 0 Å². The molecule has 2 aromatic carbocycles. The first-order valence-corrected chi connectivity index (χ1v) is 9.79. The second-order valence-corrected chi connectivity index (χ2v) is 7.47. The van der Waals surface area contributed by atoms with Crippen LogP contribution in [-0.4, -0.2) is 30.4 Å². The van der Waals surface area contributed by atoms with Crippen LogP contribution in [0.15, 0.2) is 48.5 Å². The third-order valence-corrected chi connectivity index (χ3v) is 5.38. The molecule has 0 bridgehead atoms. The number of hydrogen-bond acceptors (Lipinski definition) is 2. The molecule has 1 fully saturated rings. The van der Waals surface area contributed by atoms with Gasteiger partial charge in [0.2, 0.25) is 0 Å². The van der Waals surface area contributed by atoms with Crippen LogP contribution in [0.25, 0.3) is 0 Å². The minimum absolute atomic E-state index is 0.0483. The lowest BCUT2D eigenvalue weighted by molar-refractivity contribution is 0.0935. The van der Waals surface area contributed by atoms with E-state index in [9.17, 15) is 4.79 Å². The van der Waals surface area contributed by atoms with Crippen molar-refractivity contribution in [2.45, 2.75) is 39.7 Å². The van der Waals surface area contributed by atoms with E-state index < -0.39 is 0 Å². The van der Waals surface area contributed by atoms with Crippen molar-refractivity contribution in [2.24, 2.45) is 5.92 Å². The Morgan fingerprint density at radius 3 is 2.42 bits per heavy atom. The summed E-state index contributed by atoms with van der Waals surface area (Å²) in [5.74, 6) is 0.634. The number of likely N-dealkylation sites (tertiary alicyclic amines) is 1. The molecule has 0 atom stereocenters. The van der Waals surface area contributed by atoms with Crippen molar-refractivity contribution < 1.29 is 4.79 Å². The van der Waals surface area contributed by atoms with Crippen molar-refractivity contribution in [3.63, 3.8) is 0 Å². The van der Waals surface area contributed by atoms with Gasteiger partial charge in [0, 0.05) is 18.7 Å². The molecule has 2 aromatic rings. The van der Waals surface area contributed by atoms with E-state index in [-0.39, 0.29) is 5.91 Å². The quantitative estimate of drug-likeness (QED) is 0.847. The number of rotatable bonds is 6. The summed E-state index contributed by atoms with van der Waals surface area (Å²) in [5.41, 5.74) is 4.68. The molecule has 26 heavy (non-hydrogen) atoms. The van der Waals surface area contributed by atoms with Gasteiger partial charge in [-0.25, -0.2) is 0 Å². The van der Waals surface area contributed by atoms with Crippen molar-refractivity contribution in [2.75, 3.05) is 19.6 Å². The first-order chi connectivity index (χ1) is 12.6. The van der Waals surface area contributed by atoms with Crippen LogP contribution < -0.4 is 5.32 Å². The maximum absolute atomic E-state index is 12.3. The molecule has 3 nitrogen and oxygen atoms in total. The van der Waals surface area contributed by atoms with E-state index in [1.807, 2.05) is 31.2 Å². The van der Waals surface area contributed by atoms with E-state index >= 15 is 0 Å². The van der Waals surface area contributed by atoms with Crippen LogP contribution in [0.1, 0.15) is 46.8 Å². The maximum atomic E-state index is 12.3. The van der Waals surface area contributed by atoms with E-state index in [0.29, 0.717) is 5.92 Å². The fourth-order valence-corrected chi connectivity index (χ4v) is 3.61. The smallest absolute Gasteiger partial charge is 0.251 e. The number of carbonyl (C=O) groups excluding carboxylic acids is 1. The van der Waals surface area contributed by atoms with E-state index in [4.69, 9.17) is 0 Å². The van der Waals surface area contributed by atoms with Crippen molar-refractivity contribution in [1.82, 2.24) is 10.2 Å². The second-order valence-electron chi connectivity index (χ2n) is 7.47. The largest absolute Gasteiger partial charge is 0.352 e. The van der Waals surface area contributed by atoms with Crippen LogP contribution in [0.2, 0.25) is 0 Å². The van der Waals surface area contributed by atoms with Crippen molar-refractivity contribution in [1.29, 1.82) is 0 Å². The average molecular weight is 351 g/mol. The fourth-order valence-electron chi connectivity index (χ4n) is 3.61. The summed E-state index contributed by atoms with van der Waals surface area (Å²) in [7, 11) is 0. The number of aryl methyl sites for hydroxylation is 2. The van der Waals surface area contributed by atoms with Gasteiger partial charge in [-0.3, -0.25) is 9.69 Å². The summed E-state index contributed by atoms with van der Waals surface area (Å²) in [4.78, 5) is 14.8. The van der Waals surface area contributed by atoms with Gasteiger partial charge in [0.15, 0.2) is 0 Å². The highest BCUT2D eigenvalue weighted by atomic mass is 16.1. The van der Waals surface area contributed by atoms with E-state index in [2.05, 4.69) is 41.4 Å². The van der Waals surface area contributed by atoms with Gasteiger partial charge in [0.25, 0.3) is 5.91 Å². The summed E-state index contributed by atoms with van der Waals surface area (Å²) in [5, 5.41) is 3.12. The standard InChI is InChI=1S/C23H30N2O/c1-3-19-7-9-21(10-8-19)17-25-13-11-20(12-14-25)16-24-23(26)22-6-4-5-18(2)15-22/h4-10,15,20H,3,11-14,16-17H2,1-2H3,(H,24,26). The number of carbonyl (C=O) groups is 1. The number of amides is 1. The molecule has 0 aliphatic carbocycles. The van der Waals surface area contributed by atoms with E-state index in [0.717, 1.165) is 56.6 Å². The highest BCUT2D eigenvalue weighted by Gasteiger charge is 2.20. The second kappa shape index (κ2) is 9.00. The maximum Gasteiger partial charge on any atom is 0.251 e. The predicted molar refractivity (Wildman–Crippen MR) is 107 cm³/mol. The molecule has 1 N–H and O–H groups in total. The molecule has 0 radical (unpaired) electrons. The minimum atomic E-state index is 0.0483. The average Bonchev–Trinajstić information content (AvgIpc) is 2.68. The van der Waals surface area contributed by atoms with Gasteiger partial charge in [-0.1, -0.05) is 48.9 Å². The molecule has 138 valence electrons. The first kappa shape index (κ1) is 18.7. The molecule has 3 rings (SSSR count). The first-order valence-electron chi connectivity index (χ1n) is 9.79. The Morgan fingerprint density at radius 1 is 1.08 bits per heavy atom. The molecular formula is C23H30N2O. The van der Waals surface area contributed by atoms with Crippen molar-refractivity contribution >= 4 is 5.91 Å². The minimum Gasteiger partial charge on any atom is -0.352 e. The molecule has 0 saturated carbocycles. The zero-order valence-electron chi connectivity index (χ0n) is 16.0. The van der Waals surface area contributed by atoms with Crippen LogP contribution in [0, 0.1) is 12.8 Å². The third-order valence-electron chi connectivity index (χ3n) is 5.38. The molecule has 1 aliphatic rings. The molecule has 0 unspecified atom stereocenters. The monoisotopic (exact) mass is 350 g/mol. The molecule has 3 heteroatoms. The van der Waals surface area contributed by atoms with Crippen LogP contribution >= 0.6 is 0 Å². The van der Waals surface area contributed by atoms with Gasteiger partial charge in [-0.15, -0.1) is 0 Å². The van der Waals surface area contributed by atoms with Crippen LogP contribution in [-0.2, 0) is 13.0 Å². The molecule has 0 spiro atoms. The molecule has 1 amide bonds. The molecular weight excluding hydrogens is 320 g/mol. The van der Waals surface area contributed by atoms with E-state index in [1.165, 1.54) is 11.1 Å². The molecule has 1 aliphatic heterocycles. The molecule has 1 saturated heterocycles. The number of nitrogens with zero attached hydrogens (tertiary/aromatic N) is 1. The van der Waals surface area contributed by atoms with Gasteiger partial charge >= 0.3 is 0 Å². The van der Waals surface area contributed by atoms with Crippen LogP contribution in [0.5, 0.6) is 0 Å². The van der Waals surface area contributed by atoms with E-state index in [1.54, 1.807) is 0 Å². The zero-order valence-corrected chi connectivity index (χ0v) is 16.0.